The summed E-state index contributed by atoms with van der Waals surface area (Å²) in [5.74, 6) is 1.14. The number of nitrogens with zero attached hydrogens (tertiary/aromatic N) is 4. The first-order valence-corrected chi connectivity index (χ1v) is 15.0. The van der Waals surface area contributed by atoms with Crippen LogP contribution in [0.4, 0.5) is 4.79 Å². The van der Waals surface area contributed by atoms with Crippen LogP contribution in [0.2, 0.25) is 5.02 Å². The molecule has 7 heteroatoms. The lowest BCUT2D eigenvalue weighted by Gasteiger charge is -2.37. The Bertz CT molecular complexity index is 1280. The number of carbonyl (C=O) groups excluding carboxylic acids is 1. The van der Waals surface area contributed by atoms with E-state index in [0.717, 1.165) is 55.9 Å². The standard InChI is InChI=1S/C27H35ClN2O2.C6H10N2/c1-5-7-19-16-20-17-21(28)9-10-22(20)24(25-23(19)8-6-13-29-25)18-11-14-30(15-12-18)26(31)32-27(2,3)4;1-5-6(2)8(3)4-7-5/h6,8-10,13,17-19,24H,5,7,11-12,14-16H2,1-4H3;4H,1-3H3. The predicted octanol–water partition coefficient (Wildman–Crippen LogP) is 7.99. The van der Waals surface area contributed by atoms with E-state index >= 15 is 0 Å². The zero-order chi connectivity index (χ0) is 29.0. The summed E-state index contributed by atoms with van der Waals surface area (Å²) >= 11 is 6.43. The van der Waals surface area contributed by atoms with Crippen molar-refractivity contribution in [3.05, 3.63) is 81.7 Å². The number of hydrogen-bond acceptors (Lipinski definition) is 4. The fourth-order valence-corrected chi connectivity index (χ4v) is 6.24. The molecule has 2 unspecified atom stereocenters. The highest BCUT2D eigenvalue weighted by Gasteiger charge is 2.37. The van der Waals surface area contributed by atoms with Crippen LogP contribution in [0.5, 0.6) is 0 Å². The van der Waals surface area contributed by atoms with E-state index < -0.39 is 5.60 Å². The van der Waals surface area contributed by atoms with Gasteiger partial charge in [-0.3, -0.25) is 4.98 Å². The van der Waals surface area contributed by atoms with E-state index in [9.17, 15) is 4.79 Å². The molecule has 40 heavy (non-hydrogen) atoms. The molecule has 0 saturated carbocycles. The monoisotopic (exact) mass is 564 g/mol. The van der Waals surface area contributed by atoms with Gasteiger partial charge in [0.05, 0.1) is 17.7 Å². The van der Waals surface area contributed by atoms with Crippen LogP contribution in [-0.4, -0.2) is 44.2 Å². The lowest BCUT2D eigenvalue weighted by molar-refractivity contribution is 0.0178. The third-order valence-electron chi connectivity index (χ3n) is 8.29. The Morgan fingerprint density at radius 2 is 1.82 bits per heavy atom. The lowest BCUT2D eigenvalue weighted by Crippen LogP contribution is -2.42. The maximum atomic E-state index is 12.6. The second kappa shape index (κ2) is 12.8. The highest BCUT2D eigenvalue weighted by Crippen LogP contribution is 2.46. The van der Waals surface area contributed by atoms with Crippen molar-refractivity contribution in [2.24, 2.45) is 13.0 Å². The molecule has 1 amide bonds. The normalized spacial score (nSPS) is 19.1. The number of likely N-dealkylation sites (tertiary alicyclic amines) is 1. The number of piperidine rings is 1. The van der Waals surface area contributed by atoms with Crippen LogP contribution in [0, 0.1) is 19.8 Å². The quantitative estimate of drug-likeness (QED) is 0.323. The smallest absolute Gasteiger partial charge is 0.410 e. The Labute approximate surface area is 245 Å². The molecule has 2 aliphatic rings. The van der Waals surface area contributed by atoms with Crippen molar-refractivity contribution in [1.82, 2.24) is 19.4 Å². The van der Waals surface area contributed by atoms with Gasteiger partial charge in [0, 0.05) is 43.0 Å². The van der Waals surface area contributed by atoms with Gasteiger partial charge in [0.2, 0.25) is 0 Å². The van der Waals surface area contributed by atoms with E-state index in [2.05, 4.69) is 43.1 Å². The van der Waals surface area contributed by atoms with Crippen LogP contribution in [0.15, 0.2) is 42.9 Å². The van der Waals surface area contributed by atoms with Gasteiger partial charge < -0.3 is 14.2 Å². The van der Waals surface area contributed by atoms with Gasteiger partial charge in [-0.1, -0.05) is 37.1 Å². The molecular weight excluding hydrogens is 520 g/mol. The number of halogens is 1. The molecule has 0 radical (unpaired) electrons. The Hall–Kier alpha value is -2.86. The molecule has 1 aliphatic carbocycles. The molecule has 0 bridgehead atoms. The van der Waals surface area contributed by atoms with Crippen molar-refractivity contribution in [2.75, 3.05) is 13.1 Å². The van der Waals surface area contributed by atoms with Crippen LogP contribution in [0.25, 0.3) is 0 Å². The van der Waals surface area contributed by atoms with Crippen molar-refractivity contribution in [1.29, 1.82) is 0 Å². The van der Waals surface area contributed by atoms with Crippen LogP contribution in [0.1, 0.15) is 99.0 Å². The molecule has 1 fully saturated rings. The number of aryl methyl sites for hydroxylation is 2. The Morgan fingerprint density at radius 3 is 2.40 bits per heavy atom. The Balaban J connectivity index is 0.000000398. The maximum Gasteiger partial charge on any atom is 0.410 e. The molecule has 3 heterocycles. The van der Waals surface area contributed by atoms with Crippen molar-refractivity contribution < 1.29 is 9.53 Å². The molecule has 1 aromatic carbocycles. The molecular formula is C33H45ClN4O2. The summed E-state index contributed by atoms with van der Waals surface area (Å²) in [5.41, 5.74) is 7.23. The fraction of sp³-hybridized carbons (Fsp3) is 0.545. The Kier molecular flexibility index (Phi) is 9.60. The molecule has 5 rings (SSSR count). The summed E-state index contributed by atoms with van der Waals surface area (Å²) in [7, 11) is 2.00. The largest absolute Gasteiger partial charge is 0.444 e. The molecule has 216 valence electrons. The van der Waals surface area contributed by atoms with Gasteiger partial charge in [-0.15, -0.1) is 0 Å². The number of rotatable bonds is 3. The van der Waals surface area contributed by atoms with Crippen LogP contribution < -0.4 is 0 Å². The van der Waals surface area contributed by atoms with Crippen LogP contribution >= 0.6 is 11.6 Å². The van der Waals surface area contributed by atoms with Crippen molar-refractivity contribution in [3.63, 3.8) is 0 Å². The number of ether oxygens (including phenoxy) is 1. The minimum absolute atomic E-state index is 0.203. The number of pyridine rings is 1. The van der Waals surface area contributed by atoms with E-state index in [-0.39, 0.29) is 12.0 Å². The van der Waals surface area contributed by atoms with Gasteiger partial charge in [0.1, 0.15) is 5.60 Å². The first-order chi connectivity index (χ1) is 19.0. The van der Waals surface area contributed by atoms with Crippen molar-refractivity contribution in [2.45, 2.75) is 91.1 Å². The van der Waals surface area contributed by atoms with Crippen LogP contribution in [0.3, 0.4) is 0 Å². The number of carbonyl (C=O) groups is 1. The highest BCUT2D eigenvalue weighted by molar-refractivity contribution is 6.30. The van der Waals surface area contributed by atoms with Gasteiger partial charge in [-0.2, -0.15) is 0 Å². The Morgan fingerprint density at radius 1 is 1.10 bits per heavy atom. The van der Waals surface area contributed by atoms with E-state index in [4.69, 9.17) is 21.3 Å². The van der Waals surface area contributed by atoms with E-state index in [1.807, 2.05) is 62.8 Å². The van der Waals surface area contributed by atoms with Gasteiger partial charge in [0.25, 0.3) is 0 Å². The summed E-state index contributed by atoms with van der Waals surface area (Å²) in [6.45, 7) is 13.5. The molecule has 0 spiro atoms. The first kappa shape index (κ1) is 30.1. The van der Waals surface area contributed by atoms with Gasteiger partial charge in [0.15, 0.2) is 0 Å². The van der Waals surface area contributed by atoms with Crippen molar-refractivity contribution >= 4 is 17.7 Å². The maximum absolute atomic E-state index is 12.6. The molecule has 6 nitrogen and oxygen atoms in total. The van der Waals surface area contributed by atoms with Crippen LogP contribution in [-0.2, 0) is 18.2 Å². The number of benzene rings is 1. The zero-order valence-electron chi connectivity index (χ0n) is 25.2. The number of amides is 1. The van der Waals surface area contributed by atoms with Gasteiger partial charge in [-0.25, -0.2) is 9.78 Å². The number of fused-ring (bicyclic) bond motifs is 2. The summed E-state index contributed by atoms with van der Waals surface area (Å²) in [4.78, 5) is 23.5. The summed E-state index contributed by atoms with van der Waals surface area (Å²) in [5, 5.41) is 0.802. The third kappa shape index (κ3) is 7.06. The molecule has 3 aromatic rings. The first-order valence-electron chi connectivity index (χ1n) is 14.6. The number of imidazole rings is 1. The fourth-order valence-electron chi connectivity index (χ4n) is 6.05. The van der Waals surface area contributed by atoms with Gasteiger partial charge >= 0.3 is 6.09 Å². The zero-order valence-corrected chi connectivity index (χ0v) is 26.0. The second-order valence-corrected chi connectivity index (χ2v) is 12.8. The average molecular weight is 565 g/mol. The average Bonchev–Trinajstić information content (AvgIpc) is 3.12. The number of hydrogen-bond donors (Lipinski definition) is 0. The molecule has 2 aromatic heterocycles. The topological polar surface area (TPSA) is 60.3 Å². The molecule has 2 atom stereocenters. The SMILES string of the molecule is CCCC1Cc2cc(Cl)ccc2C(C2CCN(C(=O)OC(C)(C)C)CC2)c2ncccc21.Cc1ncn(C)c1C. The van der Waals surface area contributed by atoms with Gasteiger partial charge in [-0.05, 0) is 107 Å². The summed E-state index contributed by atoms with van der Waals surface area (Å²) in [6.07, 6.45) is 8.75. The minimum Gasteiger partial charge on any atom is -0.444 e. The van der Waals surface area contributed by atoms with E-state index in [0.29, 0.717) is 11.8 Å². The minimum atomic E-state index is -0.468. The summed E-state index contributed by atoms with van der Waals surface area (Å²) < 4.78 is 7.61. The third-order valence-corrected chi connectivity index (χ3v) is 8.52. The number of aromatic nitrogens is 3. The lowest BCUT2D eigenvalue weighted by atomic mass is 9.76. The van der Waals surface area contributed by atoms with Crippen molar-refractivity contribution in [3.8, 4) is 0 Å². The van der Waals surface area contributed by atoms with E-state index in [1.54, 1.807) is 0 Å². The molecule has 0 N–H and O–H groups in total. The molecule has 1 aliphatic heterocycles. The predicted molar refractivity (Wildman–Crippen MR) is 162 cm³/mol. The summed E-state index contributed by atoms with van der Waals surface area (Å²) in [6, 6.07) is 10.8. The second-order valence-electron chi connectivity index (χ2n) is 12.3. The highest BCUT2D eigenvalue weighted by atomic mass is 35.5. The molecule has 1 saturated heterocycles. The van der Waals surface area contributed by atoms with E-state index in [1.165, 1.54) is 28.1 Å².